The highest BCUT2D eigenvalue weighted by atomic mass is 35.5. The van der Waals surface area contributed by atoms with Crippen LogP contribution in [0.2, 0.25) is 5.02 Å². The maximum absolute atomic E-state index is 6.37. The van der Waals surface area contributed by atoms with Gasteiger partial charge in [-0.1, -0.05) is 41.4 Å². The molecule has 0 radical (unpaired) electrons. The van der Waals surface area contributed by atoms with Gasteiger partial charge in [-0.15, -0.1) is 0 Å². The molecule has 0 heterocycles. The van der Waals surface area contributed by atoms with Crippen molar-refractivity contribution in [1.82, 2.24) is 5.32 Å². The van der Waals surface area contributed by atoms with Gasteiger partial charge in [0.2, 0.25) is 0 Å². The summed E-state index contributed by atoms with van der Waals surface area (Å²) < 4.78 is 11.6. The molecule has 2 aromatic carbocycles. The van der Waals surface area contributed by atoms with Crippen molar-refractivity contribution in [2.24, 2.45) is 0 Å². The topological polar surface area (TPSA) is 30.5 Å². The number of aryl methyl sites for hydroxylation is 1. The van der Waals surface area contributed by atoms with Gasteiger partial charge in [0.25, 0.3) is 0 Å². The van der Waals surface area contributed by atoms with Crippen LogP contribution < -0.4 is 14.8 Å². The molecule has 0 saturated heterocycles. The second-order valence-corrected chi connectivity index (χ2v) is 5.55. The molecule has 22 heavy (non-hydrogen) atoms. The maximum atomic E-state index is 6.37. The molecule has 0 bridgehead atoms. The average molecular weight is 320 g/mol. The average Bonchev–Trinajstić information content (AvgIpc) is 2.47. The molecule has 0 spiro atoms. The first-order chi connectivity index (χ1) is 10.6. The minimum atomic E-state index is 0.465. The first-order valence-electron chi connectivity index (χ1n) is 7.42. The fourth-order valence-corrected chi connectivity index (χ4v) is 2.58. The number of rotatable bonds is 7. The van der Waals surface area contributed by atoms with Gasteiger partial charge in [-0.3, -0.25) is 0 Å². The molecule has 0 aromatic heterocycles. The Morgan fingerprint density at radius 1 is 1.09 bits per heavy atom. The molecule has 0 unspecified atom stereocenters. The van der Waals surface area contributed by atoms with E-state index in [1.54, 1.807) is 0 Å². The van der Waals surface area contributed by atoms with Crippen LogP contribution in [0.15, 0.2) is 36.4 Å². The number of benzene rings is 2. The quantitative estimate of drug-likeness (QED) is 0.823. The van der Waals surface area contributed by atoms with Crippen LogP contribution in [-0.4, -0.2) is 13.7 Å². The molecule has 0 fully saturated rings. The van der Waals surface area contributed by atoms with Crippen LogP contribution in [0, 0.1) is 6.92 Å². The molecular weight excluding hydrogens is 298 g/mol. The Hall–Kier alpha value is -1.71. The second kappa shape index (κ2) is 8.06. The molecule has 0 saturated carbocycles. The molecule has 4 heteroatoms. The third-order valence-corrected chi connectivity index (χ3v) is 3.50. The maximum Gasteiger partial charge on any atom is 0.180 e. The number of nitrogens with one attached hydrogen (secondary N) is 1. The Kier molecular flexibility index (Phi) is 6.10. The monoisotopic (exact) mass is 319 g/mol. The van der Waals surface area contributed by atoms with Crippen LogP contribution in [0.5, 0.6) is 11.5 Å². The standard InChI is InChI=1S/C18H22ClNO2/c1-4-21-17-10-15(11-20-3)9-16(19)18(17)22-12-14-7-5-6-13(2)8-14/h5-10,20H,4,11-12H2,1-3H3. The zero-order valence-electron chi connectivity index (χ0n) is 13.3. The predicted molar refractivity (Wildman–Crippen MR) is 90.9 cm³/mol. The van der Waals surface area contributed by atoms with Crippen molar-refractivity contribution in [3.05, 3.63) is 58.1 Å². The van der Waals surface area contributed by atoms with Crippen molar-refractivity contribution < 1.29 is 9.47 Å². The first-order valence-corrected chi connectivity index (χ1v) is 7.80. The van der Waals surface area contributed by atoms with Crippen molar-refractivity contribution in [1.29, 1.82) is 0 Å². The predicted octanol–water partition coefficient (Wildman–Crippen LogP) is 4.35. The van der Waals surface area contributed by atoms with Gasteiger partial charge in [0.1, 0.15) is 6.61 Å². The van der Waals surface area contributed by atoms with Gasteiger partial charge in [-0.25, -0.2) is 0 Å². The largest absolute Gasteiger partial charge is 0.490 e. The van der Waals surface area contributed by atoms with Gasteiger partial charge in [0.15, 0.2) is 11.5 Å². The van der Waals surface area contributed by atoms with Crippen molar-refractivity contribution in [3.63, 3.8) is 0 Å². The fourth-order valence-electron chi connectivity index (χ4n) is 2.29. The normalized spacial score (nSPS) is 10.5. The summed E-state index contributed by atoms with van der Waals surface area (Å²) in [6, 6.07) is 12.1. The third-order valence-electron chi connectivity index (χ3n) is 3.22. The molecule has 0 aliphatic heterocycles. The Balaban J connectivity index is 2.21. The molecule has 3 nitrogen and oxygen atoms in total. The van der Waals surface area contributed by atoms with Crippen LogP contribution >= 0.6 is 11.6 Å². The van der Waals surface area contributed by atoms with Crippen LogP contribution in [0.3, 0.4) is 0 Å². The summed E-state index contributed by atoms with van der Waals surface area (Å²) in [5.41, 5.74) is 3.39. The zero-order chi connectivity index (χ0) is 15.9. The third kappa shape index (κ3) is 4.39. The van der Waals surface area contributed by atoms with Gasteiger partial charge < -0.3 is 14.8 Å². The lowest BCUT2D eigenvalue weighted by atomic mass is 10.1. The van der Waals surface area contributed by atoms with E-state index in [0.29, 0.717) is 29.7 Å². The highest BCUT2D eigenvalue weighted by Gasteiger charge is 2.12. The van der Waals surface area contributed by atoms with Gasteiger partial charge >= 0.3 is 0 Å². The highest BCUT2D eigenvalue weighted by molar-refractivity contribution is 6.32. The Morgan fingerprint density at radius 3 is 2.59 bits per heavy atom. The molecule has 2 rings (SSSR count). The van der Waals surface area contributed by atoms with E-state index in [0.717, 1.165) is 17.7 Å². The Bertz CT molecular complexity index is 628. The molecule has 1 N–H and O–H groups in total. The number of hydrogen-bond acceptors (Lipinski definition) is 3. The molecule has 118 valence electrons. The van der Waals surface area contributed by atoms with Crippen LogP contribution in [-0.2, 0) is 13.2 Å². The molecule has 0 amide bonds. The Morgan fingerprint density at radius 2 is 1.91 bits per heavy atom. The van der Waals surface area contributed by atoms with E-state index in [1.807, 2.05) is 38.2 Å². The summed E-state index contributed by atoms with van der Waals surface area (Å²) in [6.07, 6.45) is 0. The van der Waals surface area contributed by atoms with E-state index >= 15 is 0 Å². The molecular formula is C18H22ClNO2. The number of ether oxygens (including phenoxy) is 2. The van der Waals surface area contributed by atoms with E-state index in [9.17, 15) is 0 Å². The minimum absolute atomic E-state index is 0.465. The summed E-state index contributed by atoms with van der Waals surface area (Å²) in [7, 11) is 1.90. The number of halogens is 1. The minimum Gasteiger partial charge on any atom is -0.490 e. The lowest BCUT2D eigenvalue weighted by Gasteiger charge is -2.15. The lowest BCUT2D eigenvalue weighted by molar-refractivity contribution is 0.269. The first kappa shape index (κ1) is 16.7. The van der Waals surface area contributed by atoms with Crippen molar-refractivity contribution in [2.45, 2.75) is 27.0 Å². The summed E-state index contributed by atoms with van der Waals surface area (Å²) in [5.74, 6) is 1.29. The van der Waals surface area contributed by atoms with Crippen molar-refractivity contribution >= 4 is 11.6 Å². The summed E-state index contributed by atoms with van der Waals surface area (Å²) >= 11 is 6.37. The number of hydrogen-bond donors (Lipinski definition) is 1. The molecule has 0 atom stereocenters. The Labute approximate surface area is 137 Å². The molecule has 2 aromatic rings. The SMILES string of the molecule is CCOc1cc(CNC)cc(Cl)c1OCc1cccc(C)c1. The summed E-state index contributed by atoms with van der Waals surface area (Å²) in [6.45, 7) is 5.78. The summed E-state index contributed by atoms with van der Waals surface area (Å²) in [5, 5.41) is 3.68. The van der Waals surface area contributed by atoms with E-state index in [1.165, 1.54) is 5.56 Å². The highest BCUT2D eigenvalue weighted by Crippen LogP contribution is 2.37. The van der Waals surface area contributed by atoms with Crippen molar-refractivity contribution in [2.75, 3.05) is 13.7 Å². The lowest BCUT2D eigenvalue weighted by Crippen LogP contribution is -2.07. The van der Waals surface area contributed by atoms with Crippen molar-refractivity contribution in [3.8, 4) is 11.5 Å². The second-order valence-electron chi connectivity index (χ2n) is 5.15. The fraction of sp³-hybridized carbons (Fsp3) is 0.333. The van der Waals surface area contributed by atoms with Crippen LogP contribution in [0.25, 0.3) is 0 Å². The van der Waals surface area contributed by atoms with Gasteiger partial charge in [-0.2, -0.15) is 0 Å². The van der Waals surface area contributed by atoms with E-state index in [-0.39, 0.29) is 0 Å². The van der Waals surface area contributed by atoms with E-state index in [4.69, 9.17) is 21.1 Å². The molecule has 0 aliphatic rings. The van der Waals surface area contributed by atoms with Gasteiger partial charge in [0.05, 0.1) is 11.6 Å². The molecule has 0 aliphatic carbocycles. The summed E-state index contributed by atoms with van der Waals surface area (Å²) in [4.78, 5) is 0. The van der Waals surface area contributed by atoms with Crippen LogP contribution in [0.1, 0.15) is 23.6 Å². The van der Waals surface area contributed by atoms with E-state index in [2.05, 4.69) is 24.4 Å². The van der Waals surface area contributed by atoms with Crippen LogP contribution in [0.4, 0.5) is 0 Å². The zero-order valence-corrected chi connectivity index (χ0v) is 14.0. The van der Waals surface area contributed by atoms with Gasteiger partial charge in [0, 0.05) is 6.54 Å². The van der Waals surface area contributed by atoms with Gasteiger partial charge in [-0.05, 0) is 44.2 Å². The smallest absolute Gasteiger partial charge is 0.180 e. The van der Waals surface area contributed by atoms with E-state index < -0.39 is 0 Å².